The van der Waals surface area contributed by atoms with E-state index in [-0.39, 0.29) is 0 Å². The van der Waals surface area contributed by atoms with Crippen LogP contribution in [0.15, 0.2) is 30.0 Å². The topological polar surface area (TPSA) is 88.5 Å². The fraction of sp³-hybridized carbons (Fsp3) is 0.267. The summed E-state index contributed by atoms with van der Waals surface area (Å²) in [6.07, 6.45) is 5.66. The van der Waals surface area contributed by atoms with Crippen LogP contribution in [0.3, 0.4) is 0 Å². The minimum Gasteiger partial charge on any atom is -0.366 e. The van der Waals surface area contributed by atoms with Gasteiger partial charge >= 0.3 is 0 Å². The smallest absolute Gasteiger partial charge is 0.258 e. The van der Waals surface area contributed by atoms with Crippen molar-refractivity contribution in [1.29, 1.82) is 0 Å². The minimum absolute atomic E-state index is 0.410. The Morgan fingerprint density at radius 2 is 2.13 bits per heavy atom. The van der Waals surface area contributed by atoms with E-state index in [9.17, 15) is 4.79 Å². The molecule has 0 aliphatic carbocycles. The number of anilines is 1. The van der Waals surface area contributed by atoms with Crippen LogP contribution in [0, 0.1) is 0 Å². The first kappa shape index (κ1) is 14.2. The highest BCUT2D eigenvalue weighted by Crippen LogP contribution is 2.28. The molecule has 0 unspecified atom stereocenters. The summed E-state index contributed by atoms with van der Waals surface area (Å²) in [6.45, 7) is 3.89. The number of carbonyl (C=O) groups excluding carboxylic acids is 1. The number of nitrogens with one attached hydrogen (secondary N) is 1. The van der Waals surface area contributed by atoms with Crippen LogP contribution in [0.5, 0.6) is 0 Å². The SMILES string of the molecule is NC(=O)c1cc(-c2cnn3cc(N4CCNCC4)cnc23)cs1. The molecule has 1 fully saturated rings. The van der Waals surface area contributed by atoms with Crippen molar-refractivity contribution in [1.82, 2.24) is 19.9 Å². The van der Waals surface area contributed by atoms with Gasteiger partial charge in [-0.25, -0.2) is 9.50 Å². The molecule has 0 spiro atoms. The summed E-state index contributed by atoms with van der Waals surface area (Å²) in [7, 11) is 0. The van der Waals surface area contributed by atoms with Gasteiger partial charge in [-0.2, -0.15) is 5.10 Å². The molecular weight excluding hydrogens is 312 g/mol. The third-order valence-electron chi connectivity index (χ3n) is 3.98. The second-order valence-electron chi connectivity index (χ2n) is 5.44. The second kappa shape index (κ2) is 5.64. The van der Waals surface area contributed by atoms with Crippen LogP contribution in [0.25, 0.3) is 16.8 Å². The number of piperazine rings is 1. The van der Waals surface area contributed by atoms with Crippen LogP contribution in [-0.2, 0) is 0 Å². The van der Waals surface area contributed by atoms with Crippen LogP contribution in [0.2, 0.25) is 0 Å². The second-order valence-corrected chi connectivity index (χ2v) is 6.35. The van der Waals surface area contributed by atoms with Crippen LogP contribution in [0.4, 0.5) is 5.69 Å². The Labute approximate surface area is 136 Å². The minimum atomic E-state index is -0.410. The Hall–Kier alpha value is -2.45. The van der Waals surface area contributed by atoms with Gasteiger partial charge in [0, 0.05) is 31.7 Å². The summed E-state index contributed by atoms with van der Waals surface area (Å²) in [6, 6.07) is 1.79. The van der Waals surface area contributed by atoms with E-state index < -0.39 is 5.91 Å². The molecule has 4 rings (SSSR count). The van der Waals surface area contributed by atoms with Crippen molar-refractivity contribution in [2.24, 2.45) is 5.73 Å². The molecule has 0 radical (unpaired) electrons. The molecule has 1 aliphatic rings. The summed E-state index contributed by atoms with van der Waals surface area (Å²) in [5.74, 6) is -0.410. The first-order valence-corrected chi connectivity index (χ1v) is 8.28. The number of carbonyl (C=O) groups is 1. The Morgan fingerprint density at radius 1 is 1.30 bits per heavy atom. The number of amides is 1. The first-order valence-electron chi connectivity index (χ1n) is 7.40. The van der Waals surface area contributed by atoms with E-state index in [0.717, 1.165) is 48.6 Å². The zero-order chi connectivity index (χ0) is 15.8. The van der Waals surface area contributed by atoms with Crippen molar-refractivity contribution < 1.29 is 4.79 Å². The molecule has 0 atom stereocenters. The fourth-order valence-electron chi connectivity index (χ4n) is 2.76. The van der Waals surface area contributed by atoms with Crippen LogP contribution in [0.1, 0.15) is 9.67 Å². The number of aromatic nitrogens is 3. The molecule has 0 saturated carbocycles. The highest BCUT2D eigenvalue weighted by molar-refractivity contribution is 7.12. The van der Waals surface area contributed by atoms with Gasteiger partial charge in [0.25, 0.3) is 5.91 Å². The first-order chi connectivity index (χ1) is 11.2. The lowest BCUT2D eigenvalue weighted by Crippen LogP contribution is -2.43. The predicted octanol–water partition coefficient (Wildman–Crippen LogP) is 0.966. The molecule has 1 saturated heterocycles. The van der Waals surface area contributed by atoms with Crippen LogP contribution in [-0.4, -0.2) is 46.7 Å². The summed E-state index contributed by atoms with van der Waals surface area (Å²) < 4.78 is 1.79. The third kappa shape index (κ3) is 2.55. The van der Waals surface area contributed by atoms with Crippen molar-refractivity contribution in [3.8, 4) is 11.1 Å². The molecule has 4 heterocycles. The molecular formula is C15H16N6OS. The largest absolute Gasteiger partial charge is 0.366 e. The summed E-state index contributed by atoms with van der Waals surface area (Å²) in [5.41, 5.74) is 8.98. The maximum atomic E-state index is 11.3. The molecule has 23 heavy (non-hydrogen) atoms. The van der Waals surface area contributed by atoms with Gasteiger partial charge in [-0.15, -0.1) is 11.3 Å². The van der Waals surface area contributed by atoms with Crippen molar-refractivity contribution in [3.05, 3.63) is 34.9 Å². The summed E-state index contributed by atoms with van der Waals surface area (Å²) in [4.78, 5) is 18.7. The number of fused-ring (bicyclic) bond motifs is 1. The lowest BCUT2D eigenvalue weighted by molar-refractivity contribution is 0.100. The van der Waals surface area contributed by atoms with E-state index in [1.165, 1.54) is 11.3 Å². The Morgan fingerprint density at radius 3 is 2.87 bits per heavy atom. The van der Waals surface area contributed by atoms with Crippen molar-refractivity contribution in [3.63, 3.8) is 0 Å². The van der Waals surface area contributed by atoms with Gasteiger partial charge < -0.3 is 16.0 Å². The molecule has 1 aliphatic heterocycles. The summed E-state index contributed by atoms with van der Waals surface area (Å²) >= 11 is 1.34. The van der Waals surface area contributed by atoms with Gasteiger partial charge in [0.2, 0.25) is 0 Å². The molecule has 8 heteroatoms. The molecule has 118 valence electrons. The standard InChI is InChI=1S/C15H16N6OS/c16-14(22)13-5-10(9-23-13)12-7-19-21-8-11(6-18-15(12)21)20-3-1-17-2-4-20/h5-9,17H,1-4H2,(H2,16,22). The normalized spacial score (nSPS) is 15.2. The van der Waals surface area contributed by atoms with Gasteiger partial charge in [-0.3, -0.25) is 4.79 Å². The van der Waals surface area contributed by atoms with Crippen molar-refractivity contribution in [2.45, 2.75) is 0 Å². The number of hydrogen-bond donors (Lipinski definition) is 2. The van der Waals surface area contributed by atoms with E-state index in [1.807, 2.05) is 17.8 Å². The van der Waals surface area contributed by atoms with Gasteiger partial charge in [0.1, 0.15) is 0 Å². The van der Waals surface area contributed by atoms with Crippen LogP contribution < -0.4 is 16.0 Å². The zero-order valence-electron chi connectivity index (χ0n) is 12.4. The number of nitrogens with two attached hydrogens (primary N) is 1. The lowest BCUT2D eigenvalue weighted by atomic mass is 10.2. The monoisotopic (exact) mass is 328 g/mol. The molecule has 3 aromatic heterocycles. The molecule has 3 aromatic rings. The van der Waals surface area contributed by atoms with E-state index in [4.69, 9.17) is 5.73 Å². The Balaban J connectivity index is 1.70. The molecule has 0 bridgehead atoms. The quantitative estimate of drug-likeness (QED) is 0.748. The molecule has 3 N–H and O–H groups in total. The average Bonchev–Trinajstić information content (AvgIpc) is 3.21. The third-order valence-corrected chi connectivity index (χ3v) is 4.92. The van der Waals surface area contributed by atoms with Crippen LogP contribution >= 0.6 is 11.3 Å². The molecule has 1 amide bonds. The highest BCUT2D eigenvalue weighted by Gasteiger charge is 2.15. The van der Waals surface area contributed by atoms with Gasteiger partial charge in [0.05, 0.1) is 29.2 Å². The maximum Gasteiger partial charge on any atom is 0.258 e. The summed E-state index contributed by atoms with van der Waals surface area (Å²) in [5, 5.41) is 9.65. The predicted molar refractivity (Wildman–Crippen MR) is 89.9 cm³/mol. The number of nitrogens with zero attached hydrogens (tertiary/aromatic N) is 4. The number of thiophene rings is 1. The van der Waals surface area contributed by atoms with Gasteiger partial charge in [-0.1, -0.05) is 0 Å². The highest BCUT2D eigenvalue weighted by atomic mass is 32.1. The fourth-order valence-corrected chi connectivity index (χ4v) is 3.52. The van der Waals surface area contributed by atoms with Gasteiger partial charge in [0.15, 0.2) is 5.65 Å². The molecule has 7 nitrogen and oxygen atoms in total. The zero-order valence-corrected chi connectivity index (χ0v) is 13.2. The Kier molecular flexibility index (Phi) is 3.47. The number of hydrogen-bond acceptors (Lipinski definition) is 6. The van der Waals surface area contributed by atoms with Crippen molar-refractivity contribution in [2.75, 3.05) is 31.1 Å². The van der Waals surface area contributed by atoms with E-state index in [1.54, 1.807) is 16.8 Å². The number of primary amides is 1. The maximum absolute atomic E-state index is 11.3. The van der Waals surface area contributed by atoms with Gasteiger partial charge in [-0.05, 0) is 17.0 Å². The van der Waals surface area contributed by atoms with Crippen molar-refractivity contribution >= 4 is 28.6 Å². The van der Waals surface area contributed by atoms with E-state index in [2.05, 4.69) is 20.3 Å². The Bertz CT molecular complexity index is 864. The lowest BCUT2D eigenvalue weighted by Gasteiger charge is -2.28. The molecule has 0 aromatic carbocycles. The van der Waals surface area contributed by atoms with E-state index in [0.29, 0.717) is 4.88 Å². The number of rotatable bonds is 3. The average molecular weight is 328 g/mol. The van der Waals surface area contributed by atoms with E-state index >= 15 is 0 Å².